The molecule has 0 aromatic carbocycles. The van der Waals surface area contributed by atoms with E-state index < -0.39 is 11.9 Å². The number of piperidine rings is 1. The molecular weight excluding hydrogens is 300 g/mol. The van der Waals surface area contributed by atoms with Crippen LogP contribution in [0, 0.1) is 24.7 Å². The molecule has 2 rings (SSSR count). The Hall–Kier alpha value is -1.43. The van der Waals surface area contributed by atoms with Gasteiger partial charge in [0.15, 0.2) is 0 Å². The van der Waals surface area contributed by atoms with Gasteiger partial charge in [-0.1, -0.05) is 20.8 Å². The monoisotopic (exact) mass is 324 g/mol. The maximum Gasteiger partial charge on any atom is 0.308 e. The second-order valence-electron chi connectivity index (χ2n) is 6.69. The van der Waals surface area contributed by atoms with Gasteiger partial charge >= 0.3 is 5.97 Å². The first-order valence-electron chi connectivity index (χ1n) is 7.76. The number of carboxylic acids is 1. The number of carbonyl (C=O) groups is 2. The molecule has 0 radical (unpaired) electrons. The first-order chi connectivity index (χ1) is 10.3. The lowest BCUT2D eigenvalue weighted by Gasteiger charge is -2.34. The van der Waals surface area contributed by atoms with Crippen molar-refractivity contribution in [1.82, 2.24) is 9.88 Å². The van der Waals surface area contributed by atoms with Gasteiger partial charge in [-0.25, -0.2) is 4.98 Å². The van der Waals surface area contributed by atoms with Crippen LogP contribution in [0.3, 0.4) is 0 Å². The van der Waals surface area contributed by atoms with Crippen molar-refractivity contribution in [1.29, 1.82) is 0 Å². The van der Waals surface area contributed by atoms with E-state index in [4.69, 9.17) is 0 Å². The molecule has 1 aliphatic rings. The molecule has 2 atom stereocenters. The molecule has 1 fully saturated rings. The van der Waals surface area contributed by atoms with Crippen molar-refractivity contribution in [3.8, 4) is 0 Å². The number of hydrogen-bond acceptors (Lipinski definition) is 4. The van der Waals surface area contributed by atoms with Gasteiger partial charge in [-0.3, -0.25) is 9.59 Å². The third kappa shape index (κ3) is 3.85. The molecule has 0 aliphatic carbocycles. The van der Waals surface area contributed by atoms with Crippen LogP contribution in [0.1, 0.15) is 47.6 Å². The van der Waals surface area contributed by atoms with Crippen LogP contribution in [0.2, 0.25) is 0 Å². The summed E-state index contributed by atoms with van der Waals surface area (Å²) >= 11 is 1.42. The van der Waals surface area contributed by atoms with E-state index in [1.165, 1.54) is 11.3 Å². The Morgan fingerprint density at radius 2 is 2.09 bits per heavy atom. The smallest absolute Gasteiger partial charge is 0.308 e. The number of aliphatic carboxylic acids is 1. The Morgan fingerprint density at radius 1 is 1.41 bits per heavy atom. The number of aromatic nitrogens is 1. The van der Waals surface area contributed by atoms with Crippen LogP contribution in [0.15, 0.2) is 0 Å². The first kappa shape index (κ1) is 16.9. The maximum atomic E-state index is 12.8. The molecule has 1 amide bonds. The van der Waals surface area contributed by atoms with Crippen LogP contribution in [-0.2, 0) is 11.2 Å². The van der Waals surface area contributed by atoms with Crippen LogP contribution in [0.4, 0.5) is 0 Å². The summed E-state index contributed by atoms with van der Waals surface area (Å²) < 4.78 is 0. The number of rotatable bonds is 4. The van der Waals surface area contributed by atoms with Crippen LogP contribution >= 0.6 is 11.3 Å². The number of aryl methyl sites for hydroxylation is 1. The Balaban J connectivity index is 2.22. The topological polar surface area (TPSA) is 70.5 Å². The average Bonchev–Trinajstić information content (AvgIpc) is 2.77. The van der Waals surface area contributed by atoms with E-state index in [-0.39, 0.29) is 11.8 Å². The largest absolute Gasteiger partial charge is 0.481 e. The van der Waals surface area contributed by atoms with Crippen molar-refractivity contribution in [2.45, 2.75) is 40.5 Å². The molecule has 1 N–H and O–H groups in total. The fourth-order valence-electron chi connectivity index (χ4n) is 3.00. The van der Waals surface area contributed by atoms with E-state index in [0.717, 1.165) is 17.1 Å². The first-order valence-corrected chi connectivity index (χ1v) is 8.58. The lowest BCUT2D eigenvalue weighted by atomic mass is 9.90. The summed E-state index contributed by atoms with van der Waals surface area (Å²) in [4.78, 5) is 31.0. The summed E-state index contributed by atoms with van der Waals surface area (Å²) in [6.45, 7) is 9.04. The fourth-order valence-corrected chi connectivity index (χ4v) is 3.92. The number of thiazole rings is 1. The Morgan fingerprint density at radius 3 is 2.68 bits per heavy atom. The van der Waals surface area contributed by atoms with Gasteiger partial charge in [-0.15, -0.1) is 11.3 Å². The fraction of sp³-hybridized carbons (Fsp3) is 0.688. The zero-order valence-corrected chi connectivity index (χ0v) is 14.4. The van der Waals surface area contributed by atoms with Gasteiger partial charge in [0.05, 0.1) is 16.6 Å². The highest BCUT2D eigenvalue weighted by atomic mass is 32.1. The van der Waals surface area contributed by atoms with Crippen LogP contribution in [0.25, 0.3) is 0 Å². The number of nitrogens with zero attached hydrogens (tertiary/aromatic N) is 2. The number of likely N-dealkylation sites (tertiary alicyclic amines) is 1. The molecule has 122 valence electrons. The lowest BCUT2D eigenvalue weighted by molar-refractivity contribution is -0.143. The second kappa shape index (κ2) is 6.77. The summed E-state index contributed by atoms with van der Waals surface area (Å²) in [5, 5.41) is 10.1. The molecule has 5 nitrogen and oxygen atoms in total. The molecule has 0 saturated carbocycles. The van der Waals surface area contributed by atoms with Gasteiger partial charge in [0, 0.05) is 13.1 Å². The zero-order chi connectivity index (χ0) is 16.4. The number of carboxylic acid groups (broad SMARTS) is 1. The summed E-state index contributed by atoms with van der Waals surface area (Å²) in [6.07, 6.45) is 1.41. The van der Waals surface area contributed by atoms with E-state index in [2.05, 4.69) is 18.8 Å². The molecule has 1 saturated heterocycles. The summed E-state index contributed by atoms with van der Waals surface area (Å²) in [6, 6.07) is 0. The highest BCUT2D eigenvalue weighted by Gasteiger charge is 2.33. The van der Waals surface area contributed by atoms with Crippen LogP contribution < -0.4 is 0 Å². The average molecular weight is 324 g/mol. The van der Waals surface area contributed by atoms with E-state index in [1.54, 1.807) is 4.90 Å². The van der Waals surface area contributed by atoms with Gasteiger partial charge in [-0.05, 0) is 31.6 Å². The van der Waals surface area contributed by atoms with Crippen molar-refractivity contribution in [3.63, 3.8) is 0 Å². The van der Waals surface area contributed by atoms with E-state index in [0.29, 0.717) is 30.3 Å². The summed E-state index contributed by atoms with van der Waals surface area (Å²) in [7, 11) is 0. The molecule has 1 aromatic rings. The normalized spacial score (nSPS) is 22.1. The number of amides is 1. The highest BCUT2D eigenvalue weighted by molar-refractivity contribution is 7.13. The van der Waals surface area contributed by atoms with Crippen molar-refractivity contribution < 1.29 is 14.7 Å². The number of carbonyl (C=O) groups excluding carboxylic acids is 1. The molecule has 1 aromatic heterocycles. The lowest BCUT2D eigenvalue weighted by Crippen LogP contribution is -2.45. The van der Waals surface area contributed by atoms with Gasteiger partial charge < -0.3 is 10.0 Å². The Bertz CT molecular complexity index is 568. The maximum absolute atomic E-state index is 12.8. The standard InChI is InChI=1S/C16H24N2O3S/c1-9(2)5-13-14(22-11(4)17-13)15(19)18-7-10(3)6-12(8-18)16(20)21/h9-10,12H,5-8H2,1-4H3,(H,20,21). The molecular formula is C16H24N2O3S. The van der Waals surface area contributed by atoms with Crippen LogP contribution in [-0.4, -0.2) is 40.0 Å². The quantitative estimate of drug-likeness (QED) is 0.924. The molecule has 1 aliphatic heterocycles. The van der Waals surface area contributed by atoms with E-state index >= 15 is 0 Å². The second-order valence-corrected chi connectivity index (χ2v) is 7.90. The van der Waals surface area contributed by atoms with Gasteiger partial charge in [0.25, 0.3) is 5.91 Å². The van der Waals surface area contributed by atoms with Crippen LogP contribution in [0.5, 0.6) is 0 Å². The molecule has 22 heavy (non-hydrogen) atoms. The van der Waals surface area contributed by atoms with Gasteiger partial charge in [0.2, 0.25) is 0 Å². The molecule has 0 spiro atoms. The van der Waals surface area contributed by atoms with Crippen molar-refractivity contribution in [3.05, 3.63) is 15.6 Å². The number of hydrogen-bond donors (Lipinski definition) is 1. The van der Waals surface area contributed by atoms with E-state index in [1.807, 2.05) is 13.8 Å². The van der Waals surface area contributed by atoms with Gasteiger partial charge in [-0.2, -0.15) is 0 Å². The minimum Gasteiger partial charge on any atom is -0.481 e. The van der Waals surface area contributed by atoms with Gasteiger partial charge in [0.1, 0.15) is 4.88 Å². The zero-order valence-electron chi connectivity index (χ0n) is 13.6. The Labute approximate surface area is 135 Å². The molecule has 0 bridgehead atoms. The van der Waals surface area contributed by atoms with E-state index in [9.17, 15) is 14.7 Å². The predicted octanol–water partition coefficient (Wildman–Crippen LogP) is 2.83. The predicted molar refractivity (Wildman–Crippen MR) is 86.2 cm³/mol. The molecule has 6 heteroatoms. The molecule has 2 heterocycles. The summed E-state index contributed by atoms with van der Waals surface area (Å²) in [5.41, 5.74) is 0.854. The highest BCUT2D eigenvalue weighted by Crippen LogP contribution is 2.27. The minimum absolute atomic E-state index is 0.0564. The van der Waals surface area contributed by atoms with Crippen molar-refractivity contribution in [2.24, 2.45) is 17.8 Å². The molecule has 2 unspecified atom stereocenters. The van der Waals surface area contributed by atoms with Crippen molar-refractivity contribution in [2.75, 3.05) is 13.1 Å². The minimum atomic E-state index is -0.813. The third-order valence-corrected chi connectivity index (χ3v) is 4.90. The third-order valence-electron chi connectivity index (χ3n) is 3.90. The SMILES string of the molecule is Cc1nc(CC(C)C)c(C(=O)N2CC(C)CC(C(=O)O)C2)s1. The Kier molecular flexibility index (Phi) is 5.21. The summed E-state index contributed by atoms with van der Waals surface area (Å²) in [5.74, 6) is -0.692. The van der Waals surface area contributed by atoms with Crippen molar-refractivity contribution >= 4 is 23.2 Å².